The van der Waals surface area contributed by atoms with Gasteiger partial charge in [-0.15, -0.1) is 0 Å². The first-order valence-corrected chi connectivity index (χ1v) is 4.40. The van der Waals surface area contributed by atoms with E-state index < -0.39 is 5.43 Å². The average Bonchev–Trinajstić information content (AvgIpc) is 2.30. The summed E-state index contributed by atoms with van der Waals surface area (Å²) in [6, 6.07) is 6.55. The highest BCUT2D eigenvalue weighted by atomic mass is 16.3. The maximum absolute atomic E-state index is 11.8. The Morgan fingerprint density at radius 3 is 2.75 bits per heavy atom. The molecule has 0 saturated carbocycles. The second-order valence-corrected chi connectivity index (χ2v) is 2.98. The molecule has 0 amide bonds. The molecule has 0 unspecified atom stereocenters. The number of benzene rings is 1. The van der Waals surface area contributed by atoms with Crippen molar-refractivity contribution >= 4 is 23.1 Å². The number of hydrogen-bond donors (Lipinski definition) is 1. The van der Waals surface area contributed by atoms with E-state index in [1.165, 1.54) is 0 Å². The van der Waals surface area contributed by atoms with Crippen molar-refractivity contribution in [2.75, 3.05) is 0 Å². The second kappa shape index (κ2) is 3.93. The van der Waals surface area contributed by atoms with Crippen LogP contribution in [-0.4, -0.2) is 6.29 Å². The zero-order valence-corrected chi connectivity index (χ0v) is 8.08. The van der Waals surface area contributed by atoms with Crippen LogP contribution in [-0.2, 0) is 0 Å². The van der Waals surface area contributed by atoms with E-state index in [9.17, 15) is 9.59 Å². The van der Waals surface area contributed by atoms with Crippen molar-refractivity contribution in [3.8, 4) is 0 Å². The first kappa shape index (κ1) is 10.0. The number of nitrogens with two attached hydrogens (primary N) is 1. The molecular weight excluding hydrogens is 210 g/mol. The van der Waals surface area contributed by atoms with Gasteiger partial charge < -0.3 is 10.3 Å². The van der Waals surface area contributed by atoms with Crippen LogP contribution in [0, 0.1) is 0 Å². The number of carbonyl (C=O) groups is 1. The minimum atomic E-state index is -0.445. The van der Waals surface area contributed by atoms with Crippen molar-refractivity contribution in [2.24, 2.45) is 16.2 Å². The van der Waals surface area contributed by atoms with Gasteiger partial charge in [-0.3, -0.25) is 9.59 Å². The quantitative estimate of drug-likeness (QED) is 0.357. The molecule has 0 radical (unpaired) electrons. The molecule has 0 aliphatic heterocycles. The lowest BCUT2D eigenvalue weighted by Gasteiger charge is -1.99. The summed E-state index contributed by atoms with van der Waals surface area (Å²) >= 11 is 0. The number of para-hydroxylation sites is 1. The van der Waals surface area contributed by atoms with Gasteiger partial charge >= 0.3 is 0 Å². The lowest BCUT2D eigenvalue weighted by atomic mass is 10.2. The molecule has 16 heavy (non-hydrogen) atoms. The second-order valence-electron chi connectivity index (χ2n) is 2.98. The van der Waals surface area contributed by atoms with E-state index >= 15 is 0 Å². The maximum atomic E-state index is 11.8. The van der Waals surface area contributed by atoms with Crippen molar-refractivity contribution in [1.29, 1.82) is 0 Å². The fraction of sp³-hybridized carbons (Fsp3) is 0. The summed E-state index contributed by atoms with van der Waals surface area (Å²) in [7, 11) is 0. The number of nitrogens with zero attached hydrogens (tertiary/aromatic N) is 2. The van der Waals surface area contributed by atoms with Crippen LogP contribution in [0.15, 0.2) is 43.8 Å². The van der Waals surface area contributed by atoms with Gasteiger partial charge in [-0.2, -0.15) is 0 Å². The fourth-order valence-electron chi connectivity index (χ4n) is 1.38. The normalized spacial score (nSPS) is 11.0. The summed E-state index contributed by atoms with van der Waals surface area (Å²) in [5, 5.41) is 6.71. The molecule has 0 saturated heterocycles. The molecule has 1 aromatic heterocycles. The molecule has 6 heteroatoms. The molecular formula is C10H7N3O3. The molecule has 0 bridgehead atoms. The lowest BCUT2D eigenvalue weighted by Crippen LogP contribution is -2.08. The zero-order chi connectivity index (χ0) is 11.5. The zero-order valence-electron chi connectivity index (χ0n) is 8.08. The summed E-state index contributed by atoms with van der Waals surface area (Å²) < 4.78 is 5.23. The summed E-state index contributed by atoms with van der Waals surface area (Å²) in [4.78, 5) is 22.6. The smallest absolute Gasteiger partial charge is 0.255 e. The van der Waals surface area contributed by atoms with Gasteiger partial charge in [0, 0.05) is 0 Å². The van der Waals surface area contributed by atoms with Gasteiger partial charge in [0.2, 0.25) is 5.43 Å². The molecule has 0 spiro atoms. The molecule has 0 atom stereocenters. The van der Waals surface area contributed by atoms with Crippen molar-refractivity contribution in [1.82, 2.24) is 0 Å². The van der Waals surface area contributed by atoms with E-state index in [4.69, 9.17) is 10.3 Å². The Bertz CT molecular complexity index is 631. The highest BCUT2D eigenvalue weighted by Gasteiger charge is 2.12. The highest BCUT2D eigenvalue weighted by Crippen LogP contribution is 2.21. The third-order valence-electron chi connectivity index (χ3n) is 2.08. The van der Waals surface area contributed by atoms with Crippen molar-refractivity contribution in [2.45, 2.75) is 0 Å². The Kier molecular flexibility index (Phi) is 2.47. The van der Waals surface area contributed by atoms with E-state index in [2.05, 4.69) is 10.3 Å². The van der Waals surface area contributed by atoms with Crippen molar-refractivity contribution in [3.05, 3.63) is 40.1 Å². The van der Waals surface area contributed by atoms with E-state index in [0.717, 1.165) is 0 Å². The molecule has 2 N–H and O–H groups in total. The number of carbonyl (C=O) groups excluding carboxylic acids is 1. The summed E-state index contributed by atoms with van der Waals surface area (Å²) in [6.45, 7) is 0. The standard InChI is InChI=1S/C10H7N3O3/c11-13-12-10-7(5-14)9(15)6-3-1-2-4-8(6)16-10/h1-5H,(H2,11,12). The van der Waals surface area contributed by atoms with Gasteiger partial charge in [0.15, 0.2) is 6.29 Å². The van der Waals surface area contributed by atoms with Gasteiger partial charge in [-0.1, -0.05) is 22.5 Å². The van der Waals surface area contributed by atoms with Crippen LogP contribution in [0.2, 0.25) is 0 Å². The molecule has 2 aromatic rings. The van der Waals surface area contributed by atoms with Crippen LogP contribution in [0.5, 0.6) is 0 Å². The van der Waals surface area contributed by atoms with Crippen LogP contribution >= 0.6 is 0 Å². The highest BCUT2D eigenvalue weighted by molar-refractivity contribution is 5.88. The van der Waals surface area contributed by atoms with Crippen LogP contribution in [0.25, 0.3) is 11.0 Å². The Balaban J connectivity index is 2.92. The minimum Gasteiger partial charge on any atom is -0.436 e. The number of hydrogen-bond acceptors (Lipinski definition) is 5. The molecule has 6 nitrogen and oxygen atoms in total. The van der Waals surface area contributed by atoms with E-state index in [0.29, 0.717) is 17.3 Å². The Morgan fingerprint density at radius 2 is 2.06 bits per heavy atom. The van der Waals surface area contributed by atoms with Gasteiger partial charge in [0.1, 0.15) is 11.1 Å². The molecule has 1 aromatic carbocycles. The topological polar surface area (TPSA) is 98.0 Å². The summed E-state index contributed by atoms with van der Waals surface area (Å²) in [5.74, 6) is 4.68. The predicted molar refractivity (Wildman–Crippen MR) is 56.6 cm³/mol. The number of aldehydes is 1. The summed E-state index contributed by atoms with van der Waals surface area (Å²) in [6.07, 6.45) is 0.377. The van der Waals surface area contributed by atoms with E-state index in [-0.39, 0.29) is 11.4 Å². The molecule has 80 valence electrons. The van der Waals surface area contributed by atoms with E-state index in [1.807, 2.05) is 0 Å². The van der Waals surface area contributed by atoms with Crippen molar-refractivity contribution < 1.29 is 9.21 Å². The third kappa shape index (κ3) is 1.46. The largest absolute Gasteiger partial charge is 0.436 e. The van der Waals surface area contributed by atoms with Gasteiger partial charge in [-0.05, 0) is 12.1 Å². The third-order valence-corrected chi connectivity index (χ3v) is 2.08. The van der Waals surface area contributed by atoms with Crippen LogP contribution in [0.4, 0.5) is 5.88 Å². The molecule has 0 fully saturated rings. The number of fused-ring (bicyclic) bond motifs is 1. The Hall–Kier alpha value is -2.50. The van der Waals surface area contributed by atoms with Crippen LogP contribution < -0.4 is 11.3 Å². The molecule has 0 aliphatic carbocycles. The Morgan fingerprint density at radius 1 is 1.31 bits per heavy atom. The molecule has 1 heterocycles. The molecule has 2 rings (SSSR count). The summed E-state index contributed by atoms with van der Waals surface area (Å²) in [5.41, 5.74) is -0.298. The van der Waals surface area contributed by atoms with Gasteiger partial charge in [0.05, 0.1) is 5.39 Å². The van der Waals surface area contributed by atoms with Crippen LogP contribution in [0.3, 0.4) is 0 Å². The monoisotopic (exact) mass is 217 g/mol. The minimum absolute atomic E-state index is 0.179. The first-order chi connectivity index (χ1) is 7.77. The first-order valence-electron chi connectivity index (χ1n) is 4.40. The van der Waals surface area contributed by atoms with Crippen LogP contribution in [0.1, 0.15) is 10.4 Å². The van der Waals surface area contributed by atoms with E-state index in [1.54, 1.807) is 24.3 Å². The number of rotatable bonds is 2. The predicted octanol–water partition coefficient (Wildman–Crippen LogP) is 1.56. The lowest BCUT2D eigenvalue weighted by molar-refractivity contribution is 0.112. The fourth-order valence-corrected chi connectivity index (χ4v) is 1.38. The maximum Gasteiger partial charge on any atom is 0.255 e. The molecule has 0 aliphatic rings. The van der Waals surface area contributed by atoms with Crippen molar-refractivity contribution in [3.63, 3.8) is 0 Å². The SMILES string of the molecule is NN=Nc1oc2ccccc2c(=O)c1C=O. The Labute approximate surface area is 89.4 Å². The van der Waals surface area contributed by atoms with Gasteiger partial charge in [0.25, 0.3) is 5.88 Å². The average molecular weight is 217 g/mol. The van der Waals surface area contributed by atoms with Gasteiger partial charge in [-0.25, -0.2) is 0 Å².